The van der Waals surface area contributed by atoms with Crippen molar-refractivity contribution in [2.45, 2.75) is 12.7 Å². The normalized spacial score (nSPS) is 11.1. The van der Waals surface area contributed by atoms with Crippen LogP contribution in [0, 0.1) is 0 Å². The third-order valence-corrected chi connectivity index (χ3v) is 3.07. The van der Waals surface area contributed by atoms with E-state index in [2.05, 4.69) is 5.32 Å². The zero-order chi connectivity index (χ0) is 16.2. The van der Waals surface area contributed by atoms with E-state index < -0.39 is 11.7 Å². The van der Waals surface area contributed by atoms with Gasteiger partial charge in [0.2, 0.25) is 0 Å². The van der Waals surface area contributed by atoms with E-state index in [9.17, 15) is 18.0 Å². The number of hydrogen-bond acceptors (Lipinski definition) is 1. The molecule has 2 amide bonds. The van der Waals surface area contributed by atoms with Crippen molar-refractivity contribution >= 4 is 11.7 Å². The number of para-hydroxylation sites is 1. The Morgan fingerprint density at radius 1 is 1.05 bits per heavy atom. The summed E-state index contributed by atoms with van der Waals surface area (Å²) in [6, 6.07) is 13.4. The summed E-state index contributed by atoms with van der Waals surface area (Å²) in [6.45, 7) is 0.219. The topological polar surface area (TPSA) is 32.3 Å². The van der Waals surface area contributed by atoms with Gasteiger partial charge in [0.25, 0.3) is 0 Å². The second kappa shape index (κ2) is 6.51. The Morgan fingerprint density at radius 3 is 2.18 bits per heavy atom. The molecule has 0 aliphatic carbocycles. The number of amides is 2. The highest BCUT2D eigenvalue weighted by molar-refractivity contribution is 5.89. The highest BCUT2D eigenvalue weighted by atomic mass is 19.4. The molecule has 0 bridgehead atoms. The van der Waals surface area contributed by atoms with E-state index in [4.69, 9.17) is 0 Å². The van der Waals surface area contributed by atoms with Gasteiger partial charge in [-0.3, -0.25) is 0 Å². The third kappa shape index (κ3) is 4.25. The minimum absolute atomic E-state index is 0.219. The summed E-state index contributed by atoms with van der Waals surface area (Å²) in [4.78, 5) is 13.4. The first kappa shape index (κ1) is 15.9. The maximum absolute atomic E-state index is 12.5. The number of urea groups is 1. The number of nitrogens with zero attached hydrogens (tertiary/aromatic N) is 1. The second-order valence-electron chi connectivity index (χ2n) is 4.85. The van der Waals surface area contributed by atoms with E-state index in [-0.39, 0.29) is 12.6 Å². The minimum Gasteiger partial charge on any atom is -0.323 e. The lowest BCUT2D eigenvalue weighted by atomic mass is 10.1. The van der Waals surface area contributed by atoms with Crippen LogP contribution in [0.25, 0.3) is 0 Å². The molecule has 2 aromatic rings. The van der Waals surface area contributed by atoms with Crippen molar-refractivity contribution in [1.29, 1.82) is 0 Å². The number of anilines is 1. The minimum atomic E-state index is -4.35. The van der Waals surface area contributed by atoms with E-state index in [0.717, 1.165) is 12.1 Å². The Hall–Kier alpha value is -2.50. The smallest absolute Gasteiger partial charge is 0.323 e. The Kier molecular flexibility index (Phi) is 4.70. The molecule has 0 saturated heterocycles. The monoisotopic (exact) mass is 308 g/mol. The van der Waals surface area contributed by atoms with Crippen molar-refractivity contribution in [3.05, 3.63) is 65.7 Å². The molecule has 3 nitrogen and oxygen atoms in total. The van der Waals surface area contributed by atoms with Gasteiger partial charge in [-0.1, -0.05) is 30.3 Å². The van der Waals surface area contributed by atoms with Crippen LogP contribution < -0.4 is 5.32 Å². The Balaban J connectivity index is 1.96. The van der Waals surface area contributed by atoms with Gasteiger partial charge < -0.3 is 10.2 Å². The predicted molar refractivity (Wildman–Crippen MR) is 78.4 cm³/mol. The van der Waals surface area contributed by atoms with Crippen molar-refractivity contribution in [1.82, 2.24) is 4.90 Å². The molecule has 2 aromatic carbocycles. The van der Waals surface area contributed by atoms with Gasteiger partial charge in [0.05, 0.1) is 5.56 Å². The molecule has 0 aliphatic heterocycles. The second-order valence-corrected chi connectivity index (χ2v) is 4.85. The number of hydrogen-bond donors (Lipinski definition) is 1. The SMILES string of the molecule is CN(Cc1ccc(C(F)(F)F)cc1)C(=O)Nc1ccccc1. The molecule has 0 fully saturated rings. The van der Waals surface area contributed by atoms with Crippen LogP contribution in [0.5, 0.6) is 0 Å². The molecular weight excluding hydrogens is 293 g/mol. The van der Waals surface area contributed by atoms with Crippen molar-refractivity contribution in [2.75, 3.05) is 12.4 Å². The molecule has 2 rings (SSSR count). The van der Waals surface area contributed by atoms with Crippen LogP contribution in [0.3, 0.4) is 0 Å². The van der Waals surface area contributed by atoms with Gasteiger partial charge >= 0.3 is 12.2 Å². The van der Waals surface area contributed by atoms with Gasteiger partial charge in [-0.25, -0.2) is 4.79 Å². The lowest BCUT2D eigenvalue weighted by Gasteiger charge is -2.18. The zero-order valence-corrected chi connectivity index (χ0v) is 11.9. The summed E-state index contributed by atoms with van der Waals surface area (Å²) in [5.74, 6) is 0. The van der Waals surface area contributed by atoms with Gasteiger partial charge in [0.1, 0.15) is 0 Å². The highest BCUT2D eigenvalue weighted by Crippen LogP contribution is 2.29. The average molecular weight is 308 g/mol. The molecule has 0 atom stereocenters. The number of nitrogens with one attached hydrogen (secondary N) is 1. The number of halogens is 3. The van der Waals surface area contributed by atoms with Crippen LogP contribution in [-0.2, 0) is 12.7 Å². The first-order valence-electron chi connectivity index (χ1n) is 6.59. The molecule has 0 unspecified atom stereocenters. The molecule has 0 spiro atoms. The van der Waals surface area contributed by atoms with Crippen LogP contribution in [0.4, 0.5) is 23.7 Å². The number of carbonyl (C=O) groups excluding carboxylic acids is 1. The Morgan fingerprint density at radius 2 is 1.64 bits per heavy atom. The van der Waals surface area contributed by atoms with E-state index in [1.165, 1.54) is 17.0 Å². The lowest BCUT2D eigenvalue weighted by molar-refractivity contribution is -0.137. The first-order valence-corrected chi connectivity index (χ1v) is 6.59. The van der Waals surface area contributed by atoms with E-state index in [0.29, 0.717) is 11.3 Å². The average Bonchev–Trinajstić information content (AvgIpc) is 2.48. The van der Waals surface area contributed by atoms with Crippen molar-refractivity contribution in [2.24, 2.45) is 0 Å². The van der Waals surface area contributed by atoms with Crippen LogP contribution in [-0.4, -0.2) is 18.0 Å². The fourth-order valence-corrected chi connectivity index (χ4v) is 1.89. The predicted octanol–water partition coefficient (Wildman–Crippen LogP) is 4.37. The van der Waals surface area contributed by atoms with Crippen molar-refractivity contribution < 1.29 is 18.0 Å². The maximum Gasteiger partial charge on any atom is 0.416 e. The molecule has 116 valence electrons. The quantitative estimate of drug-likeness (QED) is 0.897. The summed E-state index contributed by atoms with van der Waals surface area (Å²) in [5, 5.41) is 2.70. The first-order chi connectivity index (χ1) is 10.4. The molecule has 22 heavy (non-hydrogen) atoms. The van der Waals surface area contributed by atoms with Gasteiger partial charge in [-0.05, 0) is 29.8 Å². The molecule has 1 N–H and O–H groups in total. The zero-order valence-electron chi connectivity index (χ0n) is 11.9. The van der Waals surface area contributed by atoms with Crippen molar-refractivity contribution in [3.63, 3.8) is 0 Å². The molecular formula is C16H15F3N2O. The van der Waals surface area contributed by atoms with Gasteiger partial charge in [-0.2, -0.15) is 13.2 Å². The summed E-state index contributed by atoms with van der Waals surface area (Å²) >= 11 is 0. The van der Waals surface area contributed by atoms with Crippen LogP contribution >= 0.6 is 0 Å². The molecule has 0 radical (unpaired) electrons. The van der Waals surface area contributed by atoms with E-state index in [1.807, 2.05) is 6.07 Å². The summed E-state index contributed by atoms with van der Waals surface area (Å²) in [5.41, 5.74) is 0.582. The third-order valence-electron chi connectivity index (χ3n) is 3.07. The Bertz CT molecular complexity index is 624. The maximum atomic E-state index is 12.5. The lowest BCUT2D eigenvalue weighted by Crippen LogP contribution is -2.30. The number of carbonyl (C=O) groups is 1. The van der Waals surface area contributed by atoms with Crippen LogP contribution in [0.15, 0.2) is 54.6 Å². The highest BCUT2D eigenvalue weighted by Gasteiger charge is 2.29. The van der Waals surface area contributed by atoms with Crippen molar-refractivity contribution in [3.8, 4) is 0 Å². The number of rotatable bonds is 3. The number of benzene rings is 2. The largest absolute Gasteiger partial charge is 0.416 e. The Labute approximate surface area is 126 Å². The standard InChI is InChI=1S/C16H15F3N2O/c1-21(15(22)20-14-5-3-2-4-6-14)11-12-7-9-13(10-8-12)16(17,18)19/h2-10H,11H2,1H3,(H,20,22). The van der Waals surface area contributed by atoms with Gasteiger partial charge in [0.15, 0.2) is 0 Å². The number of alkyl halides is 3. The molecule has 0 heterocycles. The summed E-state index contributed by atoms with van der Waals surface area (Å²) in [7, 11) is 1.58. The van der Waals surface area contributed by atoms with E-state index in [1.54, 1.807) is 31.3 Å². The van der Waals surface area contributed by atoms with Gasteiger partial charge in [0, 0.05) is 19.3 Å². The molecule has 0 aromatic heterocycles. The molecule has 6 heteroatoms. The van der Waals surface area contributed by atoms with Crippen LogP contribution in [0.2, 0.25) is 0 Å². The van der Waals surface area contributed by atoms with E-state index >= 15 is 0 Å². The fraction of sp³-hybridized carbons (Fsp3) is 0.188. The molecule has 0 saturated carbocycles. The molecule has 0 aliphatic rings. The summed E-state index contributed by atoms with van der Waals surface area (Å²) < 4.78 is 37.4. The summed E-state index contributed by atoms with van der Waals surface area (Å²) in [6.07, 6.45) is -4.35. The fourth-order valence-electron chi connectivity index (χ4n) is 1.89. The van der Waals surface area contributed by atoms with Crippen LogP contribution in [0.1, 0.15) is 11.1 Å². The van der Waals surface area contributed by atoms with Gasteiger partial charge in [-0.15, -0.1) is 0 Å².